The van der Waals surface area contributed by atoms with Gasteiger partial charge in [0.15, 0.2) is 0 Å². The lowest BCUT2D eigenvalue weighted by molar-refractivity contribution is 0.0923. The van der Waals surface area contributed by atoms with Crippen LogP contribution in [0.2, 0.25) is 0 Å². The summed E-state index contributed by atoms with van der Waals surface area (Å²) in [6.07, 6.45) is 4.44. The Labute approximate surface area is 154 Å². The molecule has 1 saturated carbocycles. The Morgan fingerprint density at radius 3 is 2.00 bits per heavy atom. The SMILES string of the molecule is CC1CCC(NC(=O)c2ccc(NC(=O)Nc3ccccc3)cc2)CC1. The van der Waals surface area contributed by atoms with Crippen molar-refractivity contribution in [2.75, 3.05) is 10.6 Å². The Morgan fingerprint density at radius 1 is 0.808 bits per heavy atom. The molecular formula is C21H25N3O2. The third-order valence-electron chi connectivity index (χ3n) is 4.79. The lowest BCUT2D eigenvalue weighted by atomic mass is 9.87. The minimum absolute atomic E-state index is 0.0511. The highest BCUT2D eigenvalue weighted by atomic mass is 16.2. The number of carbonyl (C=O) groups is 2. The van der Waals surface area contributed by atoms with Crippen LogP contribution in [0, 0.1) is 5.92 Å². The Bertz CT molecular complexity index is 736. The van der Waals surface area contributed by atoms with E-state index >= 15 is 0 Å². The van der Waals surface area contributed by atoms with E-state index in [0.29, 0.717) is 11.3 Å². The van der Waals surface area contributed by atoms with Gasteiger partial charge in [0, 0.05) is 23.0 Å². The molecule has 0 aromatic heterocycles. The second-order valence-corrected chi connectivity index (χ2v) is 6.95. The predicted molar refractivity (Wildman–Crippen MR) is 104 cm³/mol. The van der Waals surface area contributed by atoms with Crippen LogP contribution in [0.25, 0.3) is 0 Å². The zero-order chi connectivity index (χ0) is 18.4. The molecule has 0 spiro atoms. The van der Waals surface area contributed by atoms with Gasteiger partial charge >= 0.3 is 6.03 Å². The van der Waals surface area contributed by atoms with Crippen molar-refractivity contribution in [3.63, 3.8) is 0 Å². The summed E-state index contributed by atoms with van der Waals surface area (Å²) < 4.78 is 0. The number of benzene rings is 2. The molecule has 3 rings (SSSR count). The summed E-state index contributed by atoms with van der Waals surface area (Å²) in [5, 5.41) is 8.63. The van der Waals surface area contributed by atoms with Crippen LogP contribution in [0.4, 0.5) is 16.2 Å². The van der Waals surface area contributed by atoms with Crippen molar-refractivity contribution >= 4 is 23.3 Å². The van der Waals surface area contributed by atoms with Crippen LogP contribution in [-0.4, -0.2) is 18.0 Å². The molecule has 136 valence electrons. The monoisotopic (exact) mass is 351 g/mol. The summed E-state index contributed by atoms with van der Waals surface area (Å²) in [6, 6.07) is 16.1. The van der Waals surface area contributed by atoms with Crippen molar-refractivity contribution in [1.29, 1.82) is 0 Å². The van der Waals surface area contributed by atoms with Gasteiger partial charge in [0.25, 0.3) is 5.91 Å². The van der Waals surface area contributed by atoms with Crippen LogP contribution < -0.4 is 16.0 Å². The van der Waals surface area contributed by atoms with Gasteiger partial charge in [0.1, 0.15) is 0 Å². The Kier molecular flexibility index (Phi) is 5.89. The molecule has 0 aliphatic heterocycles. The molecule has 2 aromatic carbocycles. The molecule has 0 radical (unpaired) electrons. The number of para-hydroxylation sites is 1. The quantitative estimate of drug-likeness (QED) is 0.751. The topological polar surface area (TPSA) is 70.2 Å². The minimum Gasteiger partial charge on any atom is -0.349 e. The van der Waals surface area contributed by atoms with Crippen LogP contribution >= 0.6 is 0 Å². The first-order chi connectivity index (χ1) is 12.6. The summed E-state index contributed by atoms with van der Waals surface area (Å²) in [5.41, 5.74) is 1.97. The smallest absolute Gasteiger partial charge is 0.323 e. The molecular weight excluding hydrogens is 326 g/mol. The lowest BCUT2D eigenvalue weighted by Gasteiger charge is -2.26. The van der Waals surface area contributed by atoms with Crippen molar-refractivity contribution in [1.82, 2.24) is 5.32 Å². The molecule has 1 fully saturated rings. The molecule has 0 heterocycles. The summed E-state index contributed by atoms with van der Waals surface area (Å²) in [4.78, 5) is 24.3. The van der Waals surface area contributed by atoms with E-state index in [0.717, 1.165) is 24.4 Å². The van der Waals surface area contributed by atoms with Gasteiger partial charge in [-0.05, 0) is 68.0 Å². The third-order valence-corrected chi connectivity index (χ3v) is 4.79. The number of rotatable bonds is 4. The lowest BCUT2D eigenvalue weighted by Crippen LogP contribution is -2.37. The van der Waals surface area contributed by atoms with E-state index in [9.17, 15) is 9.59 Å². The van der Waals surface area contributed by atoms with Crippen molar-refractivity contribution in [2.45, 2.75) is 38.6 Å². The average Bonchev–Trinajstić information content (AvgIpc) is 2.65. The molecule has 0 bridgehead atoms. The summed E-state index contributed by atoms with van der Waals surface area (Å²) in [7, 11) is 0. The van der Waals surface area contributed by atoms with Crippen molar-refractivity contribution in [3.8, 4) is 0 Å². The van der Waals surface area contributed by atoms with Gasteiger partial charge in [0.2, 0.25) is 0 Å². The average molecular weight is 351 g/mol. The van der Waals surface area contributed by atoms with Crippen LogP contribution in [0.5, 0.6) is 0 Å². The van der Waals surface area contributed by atoms with Crippen molar-refractivity contribution in [3.05, 3.63) is 60.2 Å². The van der Waals surface area contributed by atoms with E-state index in [1.807, 2.05) is 30.3 Å². The van der Waals surface area contributed by atoms with Gasteiger partial charge in [-0.15, -0.1) is 0 Å². The highest BCUT2D eigenvalue weighted by Gasteiger charge is 2.20. The number of amides is 3. The van der Waals surface area contributed by atoms with Crippen LogP contribution in [-0.2, 0) is 0 Å². The molecule has 0 saturated heterocycles. The van der Waals surface area contributed by atoms with E-state index in [1.165, 1.54) is 12.8 Å². The normalized spacial score (nSPS) is 19.4. The zero-order valence-electron chi connectivity index (χ0n) is 15.0. The molecule has 0 unspecified atom stereocenters. The molecule has 5 nitrogen and oxygen atoms in total. The van der Waals surface area contributed by atoms with Crippen molar-refractivity contribution in [2.24, 2.45) is 5.92 Å². The maximum atomic E-state index is 12.4. The number of nitrogens with one attached hydrogen (secondary N) is 3. The van der Waals surface area contributed by atoms with Gasteiger partial charge in [-0.1, -0.05) is 25.1 Å². The van der Waals surface area contributed by atoms with Crippen molar-refractivity contribution < 1.29 is 9.59 Å². The Balaban J connectivity index is 1.51. The van der Waals surface area contributed by atoms with Gasteiger partial charge in [-0.2, -0.15) is 0 Å². The molecule has 1 aliphatic carbocycles. The molecule has 3 amide bonds. The van der Waals surface area contributed by atoms with Crippen LogP contribution in [0.3, 0.4) is 0 Å². The van der Waals surface area contributed by atoms with E-state index in [2.05, 4.69) is 22.9 Å². The van der Waals surface area contributed by atoms with Gasteiger partial charge in [-0.3, -0.25) is 4.79 Å². The molecule has 0 atom stereocenters. The maximum Gasteiger partial charge on any atom is 0.323 e. The van der Waals surface area contributed by atoms with Gasteiger partial charge < -0.3 is 16.0 Å². The third kappa shape index (κ3) is 5.09. The minimum atomic E-state index is -0.315. The van der Waals surface area contributed by atoms with E-state index in [1.54, 1.807) is 24.3 Å². The molecule has 2 aromatic rings. The standard InChI is InChI=1S/C21H25N3O2/c1-15-7-11-18(12-8-15)22-20(25)16-9-13-19(14-10-16)24-21(26)23-17-5-3-2-4-6-17/h2-6,9-10,13-15,18H,7-8,11-12H2,1H3,(H,22,25)(H2,23,24,26). The first kappa shape index (κ1) is 18.0. The molecule has 1 aliphatic rings. The Hall–Kier alpha value is -2.82. The fourth-order valence-corrected chi connectivity index (χ4v) is 3.19. The highest BCUT2D eigenvalue weighted by molar-refractivity contribution is 6.00. The Morgan fingerprint density at radius 2 is 1.38 bits per heavy atom. The van der Waals surface area contributed by atoms with E-state index < -0.39 is 0 Å². The van der Waals surface area contributed by atoms with Crippen LogP contribution in [0.1, 0.15) is 43.0 Å². The molecule has 26 heavy (non-hydrogen) atoms. The first-order valence-corrected chi connectivity index (χ1v) is 9.14. The largest absolute Gasteiger partial charge is 0.349 e. The number of hydrogen-bond donors (Lipinski definition) is 3. The fraction of sp³-hybridized carbons (Fsp3) is 0.333. The molecule has 5 heteroatoms. The fourth-order valence-electron chi connectivity index (χ4n) is 3.19. The second-order valence-electron chi connectivity index (χ2n) is 6.95. The predicted octanol–water partition coefficient (Wildman–Crippen LogP) is 4.64. The molecule has 3 N–H and O–H groups in total. The van der Waals surface area contributed by atoms with E-state index in [-0.39, 0.29) is 18.0 Å². The van der Waals surface area contributed by atoms with Gasteiger partial charge in [0.05, 0.1) is 0 Å². The highest BCUT2D eigenvalue weighted by Crippen LogP contribution is 2.23. The van der Waals surface area contributed by atoms with E-state index in [4.69, 9.17) is 0 Å². The number of hydrogen-bond acceptors (Lipinski definition) is 2. The second kappa shape index (κ2) is 8.52. The first-order valence-electron chi connectivity index (χ1n) is 9.14. The van der Waals surface area contributed by atoms with Crippen LogP contribution in [0.15, 0.2) is 54.6 Å². The number of carbonyl (C=O) groups excluding carboxylic acids is 2. The van der Waals surface area contributed by atoms with Gasteiger partial charge in [-0.25, -0.2) is 4.79 Å². The zero-order valence-corrected chi connectivity index (χ0v) is 15.0. The summed E-state index contributed by atoms with van der Waals surface area (Å²) in [6.45, 7) is 2.26. The summed E-state index contributed by atoms with van der Waals surface area (Å²) >= 11 is 0. The maximum absolute atomic E-state index is 12.4. The number of urea groups is 1. The number of anilines is 2. The summed E-state index contributed by atoms with van der Waals surface area (Å²) in [5.74, 6) is 0.709.